The molecule has 0 aliphatic heterocycles. The van der Waals surface area contributed by atoms with Crippen molar-refractivity contribution in [3.8, 4) is 0 Å². The Morgan fingerprint density at radius 2 is 1.63 bits per heavy atom. The first kappa shape index (κ1) is 21.3. The molecule has 0 unspecified atom stereocenters. The molecule has 0 heterocycles. The molecule has 0 saturated heterocycles. The Hall–Kier alpha value is -2.04. The molecule has 0 fully saturated rings. The Morgan fingerprint density at radius 3 is 2.15 bits per heavy atom. The third kappa shape index (κ3) is 6.26. The summed E-state index contributed by atoms with van der Waals surface area (Å²) < 4.78 is 62.8. The fourth-order valence-corrected chi connectivity index (χ4v) is 3.78. The van der Waals surface area contributed by atoms with Crippen LogP contribution in [0.3, 0.4) is 0 Å². The summed E-state index contributed by atoms with van der Waals surface area (Å²) in [5.74, 6) is -0.533. The van der Waals surface area contributed by atoms with Gasteiger partial charge in [-0.1, -0.05) is 17.7 Å². The molecule has 27 heavy (non-hydrogen) atoms. The van der Waals surface area contributed by atoms with Crippen molar-refractivity contribution < 1.29 is 26.4 Å². The predicted octanol–water partition coefficient (Wildman–Crippen LogP) is 3.87. The normalized spacial score (nSPS) is 12.2. The van der Waals surface area contributed by atoms with Crippen LogP contribution in [0.2, 0.25) is 0 Å². The molecular weight excluding hydrogens is 401 g/mol. The molecule has 146 valence electrons. The molecule has 0 aromatic heterocycles. The maximum Gasteiger partial charge on any atom is 0.446 e. The first-order chi connectivity index (χ1) is 12.5. The van der Waals surface area contributed by atoms with Gasteiger partial charge in [0, 0.05) is 17.6 Å². The van der Waals surface area contributed by atoms with Crippen LogP contribution in [0.25, 0.3) is 0 Å². The molecule has 0 atom stereocenters. The zero-order chi connectivity index (χ0) is 20.2. The quantitative estimate of drug-likeness (QED) is 0.724. The molecule has 2 rings (SSSR count). The average molecular weight is 418 g/mol. The lowest BCUT2D eigenvalue weighted by Crippen LogP contribution is -2.34. The molecule has 0 spiro atoms. The number of amides is 1. The van der Waals surface area contributed by atoms with Crippen molar-refractivity contribution in [1.29, 1.82) is 0 Å². The number of nitrogens with one attached hydrogen (secondary N) is 1. The number of hydrogen-bond donors (Lipinski definition) is 1. The fourth-order valence-electron chi connectivity index (χ4n) is 2.12. The van der Waals surface area contributed by atoms with Gasteiger partial charge in [0.2, 0.25) is 15.9 Å². The highest BCUT2D eigenvalue weighted by molar-refractivity contribution is 8.00. The summed E-state index contributed by atoms with van der Waals surface area (Å²) in [4.78, 5) is 11.7. The zero-order valence-corrected chi connectivity index (χ0v) is 16.1. The number of benzene rings is 2. The minimum atomic E-state index is -4.45. The number of carbonyl (C=O) groups is 1. The summed E-state index contributed by atoms with van der Waals surface area (Å²) in [6.07, 6.45) is 0. The maximum absolute atomic E-state index is 12.5. The number of sulfonamides is 1. The molecule has 0 radical (unpaired) electrons. The molecule has 0 aliphatic carbocycles. The van der Waals surface area contributed by atoms with Crippen LogP contribution in [0.1, 0.15) is 5.56 Å². The minimum Gasteiger partial charge on any atom is -0.325 e. The van der Waals surface area contributed by atoms with Gasteiger partial charge in [0.05, 0.1) is 11.4 Å². The van der Waals surface area contributed by atoms with Crippen molar-refractivity contribution in [3.05, 3.63) is 54.1 Å². The number of aryl methyl sites for hydroxylation is 1. The second kappa shape index (κ2) is 8.32. The highest BCUT2D eigenvalue weighted by Crippen LogP contribution is 2.37. The third-order valence-corrected chi connectivity index (χ3v) is 6.02. The topological polar surface area (TPSA) is 66.5 Å². The Bertz CT molecular complexity index is 897. The van der Waals surface area contributed by atoms with Crippen LogP contribution in [0.5, 0.6) is 0 Å². The van der Waals surface area contributed by atoms with Gasteiger partial charge in [-0.3, -0.25) is 4.79 Å². The third-order valence-electron chi connectivity index (χ3n) is 3.47. The van der Waals surface area contributed by atoms with E-state index in [2.05, 4.69) is 5.32 Å². The first-order valence-corrected chi connectivity index (χ1v) is 9.92. The van der Waals surface area contributed by atoms with Gasteiger partial charge >= 0.3 is 5.51 Å². The highest BCUT2D eigenvalue weighted by Gasteiger charge is 2.29. The van der Waals surface area contributed by atoms with Crippen molar-refractivity contribution in [2.75, 3.05) is 18.9 Å². The number of likely N-dealkylation sites (N-methyl/N-ethyl adjacent to an activating group) is 1. The van der Waals surface area contributed by atoms with Crippen molar-refractivity contribution in [2.24, 2.45) is 0 Å². The molecule has 5 nitrogen and oxygen atoms in total. The van der Waals surface area contributed by atoms with Crippen LogP contribution in [-0.4, -0.2) is 37.7 Å². The molecule has 1 N–H and O–H groups in total. The monoisotopic (exact) mass is 418 g/mol. The number of hydrogen-bond acceptors (Lipinski definition) is 4. The molecule has 0 bridgehead atoms. The minimum absolute atomic E-state index is 0.124. The van der Waals surface area contributed by atoms with Crippen LogP contribution in [0.15, 0.2) is 58.3 Å². The van der Waals surface area contributed by atoms with E-state index >= 15 is 0 Å². The lowest BCUT2D eigenvalue weighted by molar-refractivity contribution is -0.116. The smallest absolute Gasteiger partial charge is 0.325 e. The summed E-state index contributed by atoms with van der Waals surface area (Å²) in [6, 6.07) is 11.3. The van der Waals surface area contributed by atoms with Crippen LogP contribution in [-0.2, 0) is 14.8 Å². The lowest BCUT2D eigenvalue weighted by Gasteiger charge is -2.17. The van der Waals surface area contributed by atoms with E-state index in [1.165, 1.54) is 7.05 Å². The maximum atomic E-state index is 12.5. The number of rotatable bonds is 6. The van der Waals surface area contributed by atoms with Crippen molar-refractivity contribution in [1.82, 2.24) is 4.31 Å². The number of thioether (sulfide) groups is 1. The Morgan fingerprint density at radius 1 is 1.07 bits per heavy atom. The van der Waals surface area contributed by atoms with Gasteiger partial charge in [-0.15, -0.1) is 0 Å². The van der Waals surface area contributed by atoms with Gasteiger partial charge < -0.3 is 5.32 Å². The summed E-state index contributed by atoms with van der Waals surface area (Å²) in [5.41, 5.74) is -2.91. The van der Waals surface area contributed by atoms with Crippen LogP contribution < -0.4 is 5.32 Å². The summed E-state index contributed by atoms with van der Waals surface area (Å²) in [6.45, 7) is 1.46. The van der Waals surface area contributed by atoms with E-state index in [9.17, 15) is 26.4 Å². The second-order valence-corrected chi connectivity index (χ2v) is 8.88. The fraction of sp³-hybridized carbons (Fsp3) is 0.235. The molecular formula is C17H17F3N2O3S2. The Labute approximate surface area is 159 Å². The molecule has 10 heteroatoms. The van der Waals surface area contributed by atoms with Gasteiger partial charge in [0.1, 0.15) is 0 Å². The van der Waals surface area contributed by atoms with Crippen LogP contribution in [0.4, 0.5) is 18.9 Å². The molecule has 1 amide bonds. The first-order valence-electron chi connectivity index (χ1n) is 7.66. The molecule has 2 aromatic rings. The highest BCUT2D eigenvalue weighted by atomic mass is 32.2. The number of carbonyl (C=O) groups excluding carboxylic acids is 1. The number of nitrogens with zero attached hydrogens (tertiary/aromatic N) is 1. The van der Waals surface area contributed by atoms with Gasteiger partial charge in [-0.25, -0.2) is 8.42 Å². The SMILES string of the molecule is Cc1ccc(NC(=O)CN(C)S(=O)(=O)c2ccc(SC(F)(F)F)cc2)cc1. The Kier molecular flexibility index (Phi) is 6.55. The van der Waals surface area contributed by atoms with Crippen molar-refractivity contribution in [2.45, 2.75) is 22.2 Å². The standard InChI is InChI=1S/C17H17F3N2O3S2/c1-12-3-5-13(6-4-12)21-16(23)11-22(2)27(24,25)15-9-7-14(8-10-15)26-17(18,19)20/h3-10H,11H2,1-2H3,(H,21,23). The molecule has 0 aliphatic rings. The number of halogens is 3. The van der Waals surface area contributed by atoms with Crippen molar-refractivity contribution in [3.63, 3.8) is 0 Å². The van der Waals surface area contributed by atoms with Gasteiger partial charge in [0.15, 0.2) is 0 Å². The largest absolute Gasteiger partial charge is 0.446 e. The number of alkyl halides is 3. The summed E-state index contributed by atoms with van der Waals surface area (Å²) in [7, 11) is -2.79. The second-order valence-electron chi connectivity index (χ2n) is 5.69. The van der Waals surface area contributed by atoms with E-state index in [1.807, 2.05) is 6.92 Å². The van der Waals surface area contributed by atoms with Crippen LogP contribution >= 0.6 is 11.8 Å². The van der Waals surface area contributed by atoms with Gasteiger partial charge in [-0.05, 0) is 55.1 Å². The molecule has 0 saturated carbocycles. The van der Waals surface area contributed by atoms with E-state index in [0.717, 1.165) is 34.1 Å². The average Bonchev–Trinajstić information content (AvgIpc) is 2.56. The summed E-state index contributed by atoms with van der Waals surface area (Å²) >= 11 is -0.331. The van der Waals surface area contributed by atoms with E-state index in [-0.39, 0.29) is 21.6 Å². The van der Waals surface area contributed by atoms with Gasteiger partial charge in [0.25, 0.3) is 0 Å². The van der Waals surface area contributed by atoms with Crippen LogP contribution in [0, 0.1) is 6.92 Å². The zero-order valence-electron chi connectivity index (χ0n) is 14.4. The molecule has 2 aromatic carbocycles. The van der Waals surface area contributed by atoms with E-state index in [0.29, 0.717) is 5.69 Å². The predicted molar refractivity (Wildman–Crippen MR) is 98.0 cm³/mol. The van der Waals surface area contributed by atoms with Gasteiger partial charge in [-0.2, -0.15) is 17.5 Å². The van der Waals surface area contributed by atoms with E-state index in [4.69, 9.17) is 0 Å². The Balaban J connectivity index is 2.04. The lowest BCUT2D eigenvalue weighted by atomic mass is 10.2. The van der Waals surface area contributed by atoms with E-state index in [1.54, 1.807) is 24.3 Å². The number of anilines is 1. The summed E-state index contributed by atoms with van der Waals surface area (Å²) in [5, 5.41) is 2.59. The van der Waals surface area contributed by atoms with E-state index < -0.39 is 28.0 Å². The van der Waals surface area contributed by atoms with Crippen molar-refractivity contribution >= 4 is 33.4 Å².